The summed E-state index contributed by atoms with van der Waals surface area (Å²) in [5, 5.41) is 3.72. The molecule has 0 spiro atoms. The van der Waals surface area contributed by atoms with Gasteiger partial charge in [0, 0.05) is 45.9 Å². The Balaban J connectivity index is 1.70. The lowest BCUT2D eigenvalue weighted by molar-refractivity contribution is 0.0948. The summed E-state index contributed by atoms with van der Waals surface area (Å²) >= 11 is 9.40. The summed E-state index contributed by atoms with van der Waals surface area (Å²) in [5.41, 5.74) is 2.41. The predicted octanol–water partition coefficient (Wildman–Crippen LogP) is 4.83. The van der Waals surface area contributed by atoms with Crippen LogP contribution in [0.2, 0.25) is 5.02 Å². The van der Waals surface area contributed by atoms with Gasteiger partial charge in [-0.2, -0.15) is 0 Å². The predicted molar refractivity (Wildman–Crippen MR) is 97.8 cm³/mol. The molecule has 6 heteroatoms. The fourth-order valence-electron chi connectivity index (χ4n) is 2.44. The van der Waals surface area contributed by atoms with E-state index in [0.29, 0.717) is 19.8 Å². The minimum atomic E-state index is 0.00131. The van der Waals surface area contributed by atoms with Crippen molar-refractivity contribution in [3.05, 3.63) is 39.7 Å². The van der Waals surface area contributed by atoms with Crippen LogP contribution in [0.1, 0.15) is 28.6 Å². The molecular formula is C17H18ClNO2S2. The van der Waals surface area contributed by atoms with Gasteiger partial charge in [0.2, 0.25) is 0 Å². The molecule has 1 aliphatic rings. The zero-order valence-electron chi connectivity index (χ0n) is 12.9. The molecule has 0 saturated carbocycles. The van der Waals surface area contributed by atoms with E-state index in [-0.39, 0.29) is 5.91 Å². The number of halogens is 1. The zero-order valence-corrected chi connectivity index (χ0v) is 15.2. The summed E-state index contributed by atoms with van der Waals surface area (Å²) in [6, 6.07) is 7.96. The largest absolute Gasteiger partial charge is 0.382 e. The highest BCUT2D eigenvalue weighted by atomic mass is 35.5. The van der Waals surface area contributed by atoms with Crippen LogP contribution in [0.4, 0.5) is 0 Å². The van der Waals surface area contributed by atoms with E-state index in [4.69, 9.17) is 16.3 Å². The monoisotopic (exact) mass is 367 g/mol. The molecule has 1 aromatic heterocycles. The molecule has 0 bridgehead atoms. The molecule has 2 aromatic rings. The summed E-state index contributed by atoms with van der Waals surface area (Å²) in [6.07, 6.45) is 0.835. The third-order valence-electron chi connectivity index (χ3n) is 3.56. The highest BCUT2D eigenvalue weighted by molar-refractivity contribution is 7.98. The van der Waals surface area contributed by atoms with Crippen LogP contribution in [0.3, 0.4) is 0 Å². The lowest BCUT2D eigenvalue weighted by atomic mass is 10.1. The van der Waals surface area contributed by atoms with E-state index in [0.717, 1.165) is 22.1 Å². The maximum atomic E-state index is 12.3. The van der Waals surface area contributed by atoms with E-state index in [1.54, 1.807) is 23.1 Å². The second-order valence-electron chi connectivity index (χ2n) is 5.20. The van der Waals surface area contributed by atoms with Crippen LogP contribution >= 0.6 is 34.7 Å². The Morgan fingerprint density at radius 1 is 1.39 bits per heavy atom. The van der Waals surface area contributed by atoms with Crippen molar-refractivity contribution < 1.29 is 9.53 Å². The molecule has 1 aliphatic heterocycles. The van der Waals surface area contributed by atoms with Crippen molar-refractivity contribution in [2.24, 2.45) is 0 Å². The molecule has 0 radical (unpaired) electrons. The molecule has 2 heterocycles. The van der Waals surface area contributed by atoms with Gasteiger partial charge in [-0.3, -0.25) is 4.79 Å². The molecule has 1 aromatic carbocycles. The molecule has 1 amide bonds. The van der Waals surface area contributed by atoms with Crippen molar-refractivity contribution in [3.63, 3.8) is 0 Å². The van der Waals surface area contributed by atoms with E-state index in [9.17, 15) is 4.79 Å². The maximum Gasteiger partial charge on any atom is 0.261 e. The molecule has 0 aliphatic carbocycles. The zero-order chi connectivity index (χ0) is 16.2. The smallest absolute Gasteiger partial charge is 0.261 e. The standard InChI is InChI=1S/C17H18ClNO2S2/c1-2-21-7-3-6-19-17(20)15-8-11-10-22-14-9-12(18)4-5-13(14)16(11)23-15/h4-5,8-9H,2-3,6-7,10H2,1H3,(H,19,20). The van der Waals surface area contributed by atoms with Gasteiger partial charge in [0.15, 0.2) is 0 Å². The van der Waals surface area contributed by atoms with E-state index in [1.807, 2.05) is 31.2 Å². The van der Waals surface area contributed by atoms with Crippen molar-refractivity contribution in [3.8, 4) is 10.4 Å². The number of hydrogen-bond acceptors (Lipinski definition) is 4. The number of thiophene rings is 1. The van der Waals surface area contributed by atoms with Gasteiger partial charge in [0.25, 0.3) is 5.91 Å². The summed E-state index contributed by atoms with van der Waals surface area (Å²) in [7, 11) is 0. The van der Waals surface area contributed by atoms with Gasteiger partial charge in [0.05, 0.1) is 4.88 Å². The number of rotatable bonds is 6. The van der Waals surface area contributed by atoms with Crippen LogP contribution in [0.5, 0.6) is 0 Å². The number of carbonyl (C=O) groups is 1. The van der Waals surface area contributed by atoms with Gasteiger partial charge in [-0.15, -0.1) is 23.1 Å². The van der Waals surface area contributed by atoms with Crippen molar-refractivity contribution in [1.29, 1.82) is 0 Å². The third kappa shape index (κ3) is 3.91. The Hall–Kier alpha value is -1.01. The number of benzene rings is 1. The molecular weight excluding hydrogens is 350 g/mol. The Bertz CT molecular complexity index is 715. The molecule has 0 unspecified atom stereocenters. The van der Waals surface area contributed by atoms with Crippen molar-refractivity contribution in [1.82, 2.24) is 5.32 Å². The van der Waals surface area contributed by atoms with E-state index in [1.165, 1.54) is 20.9 Å². The van der Waals surface area contributed by atoms with E-state index >= 15 is 0 Å². The Morgan fingerprint density at radius 3 is 3.09 bits per heavy atom. The van der Waals surface area contributed by atoms with Crippen LogP contribution in [-0.2, 0) is 10.5 Å². The summed E-state index contributed by atoms with van der Waals surface area (Å²) in [5.74, 6) is 0.887. The number of amides is 1. The van der Waals surface area contributed by atoms with Gasteiger partial charge in [0.1, 0.15) is 0 Å². The van der Waals surface area contributed by atoms with E-state index in [2.05, 4.69) is 5.32 Å². The average Bonchev–Trinajstić information content (AvgIpc) is 2.98. The molecule has 0 fully saturated rings. The van der Waals surface area contributed by atoms with Gasteiger partial charge in [-0.05, 0) is 37.1 Å². The minimum absolute atomic E-state index is 0.00131. The number of hydrogen-bond donors (Lipinski definition) is 1. The second kappa shape index (κ2) is 7.71. The number of nitrogens with one attached hydrogen (secondary N) is 1. The molecule has 3 rings (SSSR count). The third-order valence-corrected chi connectivity index (χ3v) is 6.11. The topological polar surface area (TPSA) is 38.3 Å². The average molecular weight is 368 g/mol. The molecule has 122 valence electrons. The second-order valence-corrected chi connectivity index (χ2v) is 7.71. The fraction of sp³-hybridized carbons (Fsp3) is 0.353. The number of carbonyl (C=O) groups excluding carboxylic acids is 1. The van der Waals surface area contributed by atoms with Gasteiger partial charge in [-0.1, -0.05) is 17.7 Å². The molecule has 0 atom stereocenters. The minimum Gasteiger partial charge on any atom is -0.382 e. The number of thioether (sulfide) groups is 1. The van der Waals surface area contributed by atoms with Gasteiger partial charge < -0.3 is 10.1 Å². The molecule has 0 saturated heterocycles. The normalized spacial score (nSPS) is 12.6. The first-order chi connectivity index (χ1) is 11.2. The fourth-order valence-corrected chi connectivity index (χ4v) is 5.05. The van der Waals surface area contributed by atoms with Crippen LogP contribution in [0, 0.1) is 0 Å². The van der Waals surface area contributed by atoms with Crippen LogP contribution in [0.25, 0.3) is 10.4 Å². The Kier molecular flexibility index (Phi) is 5.64. The summed E-state index contributed by atoms with van der Waals surface area (Å²) in [4.78, 5) is 15.4. The Labute approximate surface area is 149 Å². The number of ether oxygens (including phenoxy) is 1. The highest BCUT2D eigenvalue weighted by Gasteiger charge is 2.22. The lowest BCUT2D eigenvalue weighted by Crippen LogP contribution is -2.24. The van der Waals surface area contributed by atoms with Crippen LogP contribution < -0.4 is 5.32 Å². The Morgan fingerprint density at radius 2 is 2.26 bits per heavy atom. The lowest BCUT2D eigenvalue weighted by Gasteiger charge is -2.15. The van der Waals surface area contributed by atoms with Crippen molar-refractivity contribution in [2.45, 2.75) is 24.0 Å². The van der Waals surface area contributed by atoms with E-state index < -0.39 is 0 Å². The van der Waals surface area contributed by atoms with Gasteiger partial charge >= 0.3 is 0 Å². The first-order valence-corrected chi connectivity index (χ1v) is 9.78. The van der Waals surface area contributed by atoms with Crippen LogP contribution in [-0.4, -0.2) is 25.7 Å². The maximum absolute atomic E-state index is 12.3. The SMILES string of the molecule is CCOCCCNC(=O)c1cc2c(s1)-c1ccc(Cl)cc1SC2. The number of fused-ring (bicyclic) bond motifs is 3. The van der Waals surface area contributed by atoms with Crippen molar-refractivity contribution >= 4 is 40.6 Å². The highest BCUT2D eigenvalue weighted by Crippen LogP contribution is 2.46. The molecule has 1 N–H and O–H groups in total. The van der Waals surface area contributed by atoms with Gasteiger partial charge in [-0.25, -0.2) is 0 Å². The van der Waals surface area contributed by atoms with Crippen LogP contribution in [0.15, 0.2) is 29.2 Å². The van der Waals surface area contributed by atoms with Crippen molar-refractivity contribution in [2.75, 3.05) is 19.8 Å². The summed E-state index contributed by atoms with van der Waals surface area (Å²) < 4.78 is 5.27. The summed E-state index contributed by atoms with van der Waals surface area (Å²) in [6.45, 7) is 4.01. The first-order valence-electron chi connectivity index (χ1n) is 7.60. The first kappa shape index (κ1) is 16.8. The molecule has 3 nitrogen and oxygen atoms in total. The molecule has 23 heavy (non-hydrogen) atoms. The quantitative estimate of drug-likeness (QED) is 0.743.